The molecular formula is C16H25NO. The van der Waals surface area contributed by atoms with Crippen LogP contribution in [0.4, 0.5) is 0 Å². The van der Waals surface area contributed by atoms with E-state index in [-0.39, 0.29) is 0 Å². The monoisotopic (exact) mass is 247 g/mol. The molecule has 0 radical (unpaired) electrons. The Morgan fingerprint density at radius 3 is 3.00 bits per heavy atom. The fraction of sp³-hybridized carbons (Fsp3) is 0.625. The molecule has 1 N–H and O–H groups in total. The number of nitrogens with one attached hydrogen (secondary N) is 1. The highest BCUT2D eigenvalue weighted by molar-refractivity contribution is 5.37. The topological polar surface area (TPSA) is 21.3 Å². The number of hydrogen-bond acceptors (Lipinski definition) is 2. The van der Waals surface area contributed by atoms with Crippen LogP contribution in [0.25, 0.3) is 0 Å². The van der Waals surface area contributed by atoms with E-state index >= 15 is 0 Å². The second kappa shape index (κ2) is 6.79. The molecule has 1 aliphatic heterocycles. The molecule has 0 bridgehead atoms. The van der Waals surface area contributed by atoms with Gasteiger partial charge in [-0.3, -0.25) is 0 Å². The molecule has 0 spiro atoms. The summed E-state index contributed by atoms with van der Waals surface area (Å²) in [7, 11) is 2.07. The van der Waals surface area contributed by atoms with Gasteiger partial charge in [-0.15, -0.1) is 0 Å². The minimum Gasteiger partial charge on any atom is -0.493 e. The van der Waals surface area contributed by atoms with E-state index in [1.54, 1.807) is 0 Å². The maximum atomic E-state index is 5.71. The van der Waals surface area contributed by atoms with E-state index in [4.69, 9.17) is 4.74 Å². The van der Waals surface area contributed by atoms with E-state index in [0.29, 0.717) is 12.0 Å². The van der Waals surface area contributed by atoms with Crippen molar-refractivity contribution < 1.29 is 4.74 Å². The molecule has 2 nitrogen and oxygen atoms in total. The standard InChI is InChI=1S/C16H25NO/c1-3-14(17-2)8-6-7-13-11-12-18-16-10-5-4-9-15(13)16/h4-5,9-10,13-14,17H,3,6-8,11-12H2,1-2H3. The van der Waals surface area contributed by atoms with Crippen LogP contribution in [0.2, 0.25) is 0 Å². The van der Waals surface area contributed by atoms with Crippen molar-refractivity contribution in [3.05, 3.63) is 29.8 Å². The van der Waals surface area contributed by atoms with Gasteiger partial charge in [0.15, 0.2) is 0 Å². The van der Waals surface area contributed by atoms with Gasteiger partial charge in [0.05, 0.1) is 6.61 Å². The molecule has 2 rings (SSSR count). The third kappa shape index (κ3) is 3.26. The van der Waals surface area contributed by atoms with Crippen LogP contribution in [0, 0.1) is 0 Å². The van der Waals surface area contributed by atoms with Crippen molar-refractivity contribution in [2.45, 2.75) is 51.0 Å². The van der Waals surface area contributed by atoms with Gasteiger partial charge in [0.25, 0.3) is 0 Å². The van der Waals surface area contributed by atoms with Gasteiger partial charge in [-0.05, 0) is 50.3 Å². The smallest absolute Gasteiger partial charge is 0.122 e. The third-order valence-electron chi connectivity index (χ3n) is 4.09. The molecule has 0 aliphatic carbocycles. The minimum atomic E-state index is 0.681. The van der Waals surface area contributed by atoms with Crippen LogP contribution in [0.3, 0.4) is 0 Å². The first kappa shape index (κ1) is 13.4. The Morgan fingerprint density at radius 1 is 1.39 bits per heavy atom. The first-order valence-corrected chi connectivity index (χ1v) is 7.24. The van der Waals surface area contributed by atoms with Crippen molar-refractivity contribution in [3.63, 3.8) is 0 Å². The summed E-state index contributed by atoms with van der Waals surface area (Å²) >= 11 is 0. The molecule has 0 saturated carbocycles. The summed E-state index contributed by atoms with van der Waals surface area (Å²) < 4.78 is 5.71. The van der Waals surface area contributed by atoms with Gasteiger partial charge in [-0.25, -0.2) is 0 Å². The summed E-state index contributed by atoms with van der Waals surface area (Å²) in [4.78, 5) is 0. The lowest BCUT2D eigenvalue weighted by molar-refractivity contribution is 0.260. The predicted octanol–water partition coefficient (Wildman–Crippen LogP) is 3.72. The van der Waals surface area contributed by atoms with Crippen molar-refractivity contribution >= 4 is 0 Å². The lowest BCUT2D eigenvalue weighted by Crippen LogP contribution is -2.24. The molecule has 18 heavy (non-hydrogen) atoms. The number of ether oxygens (including phenoxy) is 1. The van der Waals surface area contributed by atoms with Crippen LogP contribution in [0.15, 0.2) is 24.3 Å². The van der Waals surface area contributed by atoms with Crippen molar-refractivity contribution in [3.8, 4) is 5.75 Å². The molecule has 100 valence electrons. The highest BCUT2D eigenvalue weighted by Gasteiger charge is 2.20. The predicted molar refractivity (Wildman–Crippen MR) is 76.3 cm³/mol. The molecule has 1 aromatic rings. The normalized spacial score (nSPS) is 20.0. The fourth-order valence-corrected chi connectivity index (χ4v) is 2.88. The number of benzene rings is 1. The lowest BCUT2D eigenvalue weighted by Gasteiger charge is -2.26. The van der Waals surface area contributed by atoms with Crippen LogP contribution >= 0.6 is 0 Å². The Hall–Kier alpha value is -1.02. The third-order valence-corrected chi connectivity index (χ3v) is 4.09. The Balaban J connectivity index is 1.87. The van der Waals surface area contributed by atoms with Crippen molar-refractivity contribution in [1.29, 1.82) is 0 Å². The van der Waals surface area contributed by atoms with E-state index in [0.717, 1.165) is 12.4 Å². The van der Waals surface area contributed by atoms with Crippen molar-refractivity contribution in [1.82, 2.24) is 5.32 Å². The second-order valence-corrected chi connectivity index (χ2v) is 5.20. The van der Waals surface area contributed by atoms with Crippen molar-refractivity contribution in [2.24, 2.45) is 0 Å². The average Bonchev–Trinajstić information content (AvgIpc) is 2.44. The van der Waals surface area contributed by atoms with Gasteiger partial charge in [-0.1, -0.05) is 31.5 Å². The molecule has 0 fully saturated rings. The number of para-hydroxylation sites is 1. The Kier molecular flexibility index (Phi) is 5.06. The average molecular weight is 247 g/mol. The highest BCUT2D eigenvalue weighted by Crippen LogP contribution is 2.36. The summed E-state index contributed by atoms with van der Waals surface area (Å²) in [5.74, 6) is 1.80. The van der Waals surface area contributed by atoms with Gasteiger partial charge < -0.3 is 10.1 Å². The summed E-state index contributed by atoms with van der Waals surface area (Å²) in [6.07, 6.45) is 6.28. The Bertz CT molecular complexity index is 360. The molecule has 2 atom stereocenters. The molecule has 1 aromatic carbocycles. The van der Waals surface area contributed by atoms with Gasteiger partial charge in [-0.2, -0.15) is 0 Å². The van der Waals surface area contributed by atoms with E-state index in [2.05, 4.69) is 43.6 Å². The van der Waals surface area contributed by atoms with E-state index in [1.165, 1.54) is 37.7 Å². The molecule has 1 aliphatic rings. The van der Waals surface area contributed by atoms with Gasteiger partial charge in [0, 0.05) is 6.04 Å². The molecule has 0 aromatic heterocycles. The Labute approximate surface area is 111 Å². The van der Waals surface area contributed by atoms with Crippen LogP contribution in [0.1, 0.15) is 50.5 Å². The SMILES string of the molecule is CCC(CCCC1CCOc2ccccc21)NC. The number of rotatable bonds is 6. The first-order valence-electron chi connectivity index (χ1n) is 7.24. The Morgan fingerprint density at radius 2 is 2.22 bits per heavy atom. The van der Waals surface area contributed by atoms with Crippen LogP contribution in [0.5, 0.6) is 5.75 Å². The van der Waals surface area contributed by atoms with Crippen LogP contribution in [-0.4, -0.2) is 19.7 Å². The fourth-order valence-electron chi connectivity index (χ4n) is 2.88. The van der Waals surface area contributed by atoms with E-state index in [9.17, 15) is 0 Å². The van der Waals surface area contributed by atoms with Gasteiger partial charge in [0.2, 0.25) is 0 Å². The second-order valence-electron chi connectivity index (χ2n) is 5.20. The molecule has 2 heteroatoms. The van der Waals surface area contributed by atoms with Gasteiger partial charge >= 0.3 is 0 Å². The molecule has 2 unspecified atom stereocenters. The first-order chi connectivity index (χ1) is 8.85. The largest absolute Gasteiger partial charge is 0.493 e. The lowest BCUT2D eigenvalue weighted by atomic mass is 9.88. The zero-order valence-electron chi connectivity index (χ0n) is 11.6. The number of hydrogen-bond donors (Lipinski definition) is 1. The summed E-state index contributed by atoms with van der Waals surface area (Å²) in [6, 6.07) is 9.21. The molecular weight excluding hydrogens is 222 g/mol. The molecule has 0 amide bonds. The van der Waals surface area contributed by atoms with Gasteiger partial charge in [0.1, 0.15) is 5.75 Å². The molecule has 0 saturated heterocycles. The maximum absolute atomic E-state index is 5.71. The van der Waals surface area contributed by atoms with E-state index < -0.39 is 0 Å². The highest BCUT2D eigenvalue weighted by atomic mass is 16.5. The summed E-state index contributed by atoms with van der Waals surface area (Å²) in [5.41, 5.74) is 1.42. The summed E-state index contributed by atoms with van der Waals surface area (Å²) in [6.45, 7) is 3.13. The summed E-state index contributed by atoms with van der Waals surface area (Å²) in [5, 5.41) is 3.38. The number of fused-ring (bicyclic) bond motifs is 1. The van der Waals surface area contributed by atoms with Crippen LogP contribution in [-0.2, 0) is 0 Å². The zero-order chi connectivity index (χ0) is 12.8. The quantitative estimate of drug-likeness (QED) is 0.827. The van der Waals surface area contributed by atoms with E-state index in [1.807, 2.05) is 0 Å². The van der Waals surface area contributed by atoms with Crippen molar-refractivity contribution in [2.75, 3.05) is 13.7 Å². The molecule has 1 heterocycles. The zero-order valence-corrected chi connectivity index (χ0v) is 11.6. The maximum Gasteiger partial charge on any atom is 0.122 e. The minimum absolute atomic E-state index is 0.681. The van der Waals surface area contributed by atoms with Crippen LogP contribution < -0.4 is 10.1 Å².